The monoisotopic (exact) mass is 409 g/mol. The van der Waals surface area contributed by atoms with Crippen molar-refractivity contribution in [3.05, 3.63) is 66.1 Å². The van der Waals surface area contributed by atoms with E-state index in [1.165, 1.54) is 17.3 Å². The Morgan fingerprint density at radius 1 is 1.10 bits per heavy atom. The van der Waals surface area contributed by atoms with Crippen LogP contribution in [0.2, 0.25) is 0 Å². The highest BCUT2D eigenvalue weighted by Gasteiger charge is 2.30. The Balaban J connectivity index is 1.34. The number of nitrogens with zero attached hydrogens (tertiary/aromatic N) is 3. The third kappa shape index (κ3) is 4.45. The van der Waals surface area contributed by atoms with Gasteiger partial charge in [0.05, 0.1) is 5.69 Å². The fourth-order valence-electron chi connectivity index (χ4n) is 3.35. The van der Waals surface area contributed by atoms with Gasteiger partial charge in [-0.25, -0.2) is 0 Å². The van der Waals surface area contributed by atoms with Gasteiger partial charge in [-0.15, -0.1) is 10.2 Å². The molecule has 0 spiro atoms. The van der Waals surface area contributed by atoms with Crippen molar-refractivity contribution in [2.45, 2.75) is 37.5 Å². The van der Waals surface area contributed by atoms with Crippen LogP contribution in [0.1, 0.15) is 31.2 Å². The standard InChI is InChI=1S/C22H23N3O3S/c1-15(17-8-4-3-5-9-17)14-20-23-24-22(28-20)29-13-12-25-18-10-6-7-11-19(18)27-16(2)21(25)26/h3-11,15-16H,12-14H2,1-2H3/t15-,16+/m0/s1. The second-order valence-corrected chi connectivity index (χ2v) is 8.09. The van der Waals surface area contributed by atoms with Gasteiger partial charge in [-0.1, -0.05) is 61.2 Å². The molecule has 0 N–H and O–H groups in total. The van der Waals surface area contributed by atoms with Gasteiger partial charge in [-0.2, -0.15) is 0 Å². The summed E-state index contributed by atoms with van der Waals surface area (Å²) >= 11 is 1.46. The number of hydrogen-bond acceptors (Lipinski definition) is 6. The van der Waals surface area contributed by atoms with E-state index in [1.54, 1.807) is 11.8 Å². The molecule has 0 saturated heterocycles. The summed E-state index contributed by atoms with van der Waals surface area (Å²) in [5.74, 6) is 2.29. The van der Waals surface area contributed by atoms with Gasteiger partial charge in [0.1, 0.15) is 5.75 Å². The first-order valence-electron chi connectivity index (χ1n) is 9.69. The first-order valence-corrected chi connectivity index (χ1v) is 10.7. The Bertz CT molecular complexity index is 976. The summed E-state index contributed by atoms with van der Waals surface area (Å²) in [7, 11) is 0. The van der Waals surface area contributed by atoms with Gasteiger partial charge in [0, 0.05) is 18.7 Å². The lowest BCUT2D eigenvalue weighted by Gasteiger charge is -2.32. The molecule has 29 heavy (non-hydrogen) atoms. The Labute approximate surface area is 174 Å². The van der Waals surface area contributed by atoms with E-state index in [9.17, 15) is 4.79 Å². The quantitative estimate of drug-likeness (QED) is 0.541. The summed E-state index contributed by atoms with van der Waals surface area (Å²) in [6.45, 7) is 4.47. The summed E-state index contributed by atoms with van der Waals surface area (Å²) in [6, 6.07) is 17.9. The zero-order chi connectivity index (χ0) is 20.2. The highest BCUT2D eigenvalue weighted by Crippen LogP contribution is 2.34. The third-order valence-corrected chi connectivity index (χ3v) is 5.71. The van der Waals surface area contributed by atoms with Crippen molar-refractivity contribution < 1.29 is 13.9 Å². The average molecular weight is 410 g/mol. The molecule has 2 aromatic carbocycles. The van der Waals surface area contributed by atoms with Crippen molar-refractivity contribution >= 4 is 23.4 Å². The second-order valence-electron chi connectivity index (χ2n) is 7.04. The van der Waals surface area contributed by atoms with Gasteiger partial charge in [0.2, 0.25) is 5.89 Å². The van der Waals surface area contributed by atoms with Crippen LogP contribution < -0.4 is 9.64 Å². The van der Waals surface area contributed by atoms with Gasteiger partial charge >= 0.3 is 0 Å². The lowest BCUT2D eigenvalue weighted by molar-refractivity contribution is -0.125. The van der Waals surface area contributed by atoms with Crippen LogP contribution in [0, 0.1) is 0 Å². The molecule has 0 saturated carbocycles. The molecule has 0 aliphatic carbocycles. The maximum Gasteiger partial charge on any atom is 0.276 e. The predicted octanol–water partition coefficient (Wildman–Crippen LogP) is 4.32. The molecular formula is C22H23N3O3S. The number of amides is 1. The smallest absolute Gasteiger partial charge is 0.276 e. The van der Waals surface area contributed by atoms with Crippen LogP contribution in [0.4, 0.5) is 5.69 Å². The van der Waals surface area contributed by atoms with Crippen molar-refractivity contribution in [1.29, 1.82) is 0 Å². The molecule has 6 nitrogen and oxygen atoms in total. The summed E-state index contributed by atoms with van der Waals surface area (Å²) in [5.41, 5.74) is 2.05. The van der Waals surface area contributed by atoms with Crippen LogP contribution in [-0.4, -0.2) is 34.5 Å². The molecule has 2 heterocycles. The third-order valence-electron chi connectivity index (χ3n) is 4.91. The molecule has 7 heteroatoms. The van der Waals surface area contributed by atoms with Crippen LogP contribution in [-0.2, 0) is 11.2 Å². The molecule has 0 unspecified atom stereocenters. The van der Waals surface area contributed by atoms with E-state index in [0.717, 1.165) is 11.4 Å². The number of carbonyl (C=O) groups is 1. The topological polar surface area (TPSA) is 68.5 Å². The summed E-state index contributed by atoms with van der Waals surface area (Å²) < 4.78 is 11.5. The molecule has 1 amide bonds. The lowest BCUT2D eigenvalue weighted by atomic mass is 9.98. The van der Waals surface area contributed by atoms with Crippen molar-refractivity contribution in [3.8, 4) is 5.75 Å². The first-order chi connectivity index (χ1) is 14.1. The van der Waals surface area contributed by atoms with Crippen molar-refractivity contribution in [2.75, 3.05) is 17.2 Å². The molecule has 1 aromatic heterocycles. The van der Waals surface area contributed by atoms with Crippen LogP contribution >= 0.6 is 11.8 Å². The molecular weight excluding hydrogens is 386 g/mol. The molecule has 0 radical (unpaired) electrons. The number of para-hydroxylation sites is 2. The van der Waals surface area contributed by atoms with Crippen molar-refractivity contribution in [2.24, 2.45) is 0 Å². The summed E-state index contributed by atoms with van der Waals surface area (Å²) in [5, 5.41) is 8.84. The normalized spacial score (nSPS) is 17.0. The molecule has 0 fully saturated rings. The van der Waals surface area contributed by atoms with Crippen molar-refractivity contribution in [1.82, 2.24) is 10.2 Å². The lowest BCUT2D eigenvalue weighted by Crippen LogP contribution is -2.45. The van der Waals surface area contributed by atoms with Crippen LogP contribution in [0.5, 0.6) is 5.75 Å². The number of hydrogen-bond donors (Lipinski definition) is 0. The Kier molecular flexibility index (Phi) is 5.85. The number of aromatic nitrogens is 2. The first kappa shape index (κ1) is 19.5. The zero-order valence-electron chi connectivity index (χ0n) is 16.4. The number of ether oxygens (including phenoxy) is 1. The fraction of sp³-hybridized carbons (Fsp3) is 0.318. The molecule has 1 aliphatic heterocycles. The van der Waals surface area contributed by atoms with Crippen LogP contribution in [0.3, 0.4) is 0 Å². The van der Waals surface area contributed by atoms with E-state index in [4.69, 9.17) is 9.15 Å². The highest BCUT2D eigenvalue weighted by molar-refractivity contribution is 7.99. The molecule has 3 aromatic rings. The minimum Gasteiger partial charge on any atom is -0.479 e. The number of fused-ring (bicyclic) bond motifs is 1. The van der Waals surface area contributed by atoms with Gasteiger partial charge in [-0.3, -0.25) is 4.79 Å². The van der Waals surface area contributed by atoms with Gasteiger partial charge in [-0.05, 0) is 30.5 Å². The van der Waals surface area contributed by atoms with Crippen LogP contribution in [0.15, 0.2) is 64.2 Å². The fourth-order valence-corrected chi connectivity index (χ4v) is 4.06. The molecule has 1 aliphatic rings. The van der Waals surface area contributed by atoms with E-state index < -0.39 is 6.10 Å². The number of thioether (sulfide) groups is 1. The number of carbonyl (C=O) groups excluding carboxylic acids is 1. The minimum atomic E-state index is -0.482. The second kappa shape index (κ2) is 8.69. The molecule has 2 atom stereocenters. The maximum atomic E-state index is 12.5. The number of benzene rings is 2. The number of rotatable bonds is 7. The summed E-state index contributed by atoms with van der Waals surface area (Å²) in [4.78, 5) is 14.3. The van der Waals surface area contributed by atoms with Crippen LogP contribution in [0.25, 0.3) is 0 Å². The predicted molar refractivity (Wildman–Crippen MR) is 112 cm³/mol. The molecule has 150 valence electrons. The average Bonchev–Trinajstić information content (AvgIpc) is 3.18. The molecule has 0 bridgehead atoms. The number of anilines is 1. The van der Waals surface area contributed by atoms with E-state index in [0.29, 0.717) is 35.7 Å². The highest BCUT2D eigenvalue weighted by atomic mass is 32.2. The Morgan fingerprint density at radius 3 is 2.69 bits per heavy atom. The largest absolute Gasteiger partial charge is 0.479 e. The zero-order valence-corrected chi connectivity index (χ0v) is 17.3. The molecule has 4 rings (SSSR count). The van der Waals surface area contributed by atoms with E-state index in [2.05, 4.69) is 29.3 Å². The Hall–Kier alpha value is -2.80. The van der Waals surface area contributed by atoms with Gasteiger partial charge < -0.3 is 14.1 Å². The SMILES string of the molecule is C[C@H]1Oc2ccccc2N(CCSc2nnc(C[C@H](C)c3ccccc3)o2)C1=O. The van der Waals surface area contributed by atoms with E-state index >= 15 is 0 Å². The van der Waals surface area contributed by atoms with Crippen molar-refractivity contribution in [3.63, 3.8) is 0 Å². The minimum absolute atomic E-state index is 0.0350. The maximum absolute atomic E-state index is 12.5. The van der Waals surface area contributed by atoms with Gasteiger partial charge in [0.25, 0.3) is 11.1 Å². The van der Waals surface area contributed by atoms with Gasteiger partial charge in [0.15, 0.2) is 6.10 Å². The summed E-state index contributed by atoms with van der Waals surface area (Å²) in [6.07, 6.45) is 0.217. The van der Waals surface area contributed by atoms with E-state index in [1.807, 2.05) is 42.5 Å². The Morgan fingerprint density at radius 2 is 1.86 bits per heavy atom. The van der Waals surface area contributed by atoms with E-state index in [-0.39, 0.29) is 5.91 Å².